The Morgan fingerprint density at radius 2 is 1.95 bits per heavy atom. The summed E-state index contributed by atoms with van der Waals surface area (Å²) < 4.78 is 37.3. The molecule has 1 aromatic carbocycles. The zero-order valence-electron chi connectivity index (χ0n) is 10.6. The molecule has 0 aliphatic rings. The first-order chi connectivity index (χ1) is 9.88. The van der Waals surface area contributed by atoms with Gasteiger partial charge in [0.15, 0.2) is 5.13 Å². The summed E-state index contributed by atoms with van der Waals surface area (Å²) in [4.78, 5) is 15.7. The molecule has 0 aliphatic carbocycles. The largest absolute Gasteiger partial charge is 0.416 e. The highest BCUT2D eigenvalue weighted by molar-refractivity contribution is 7.15. The van der Waals surface area contributed by atoms with Crippen molar-refractivity contribution in [3.8, 4) is 0 Å². The molecule has 112 valence electrons. The fourth-order valence-electron chi connectivity index (χ4n) is 1.62. The van der Waals surface area contributed by atoms with Crippen molar-refractivity contribution in [2.75, 3.05) is 11.9 Å². The average molecular weight is 316 g/mol. The van der Waals surface area contributed by atoms with Crippen LogP contribution < -0.4 is 5.32 Å². The number of hydrogen-bond acceptors (Lipinski definition) is 4. The van der Waals surface area contributed by atoms with Crippen LogP contribution in [-0.4, -0.2) is 22.6 Å². The van der Waals surface area contributed by atoms with Crippen LogP contribution in [0, 0.1) is 0 Å². The molecule has 1 amide bonds. The van der Waals surface area contributed by atoms with Gasteiger partial charge in [-0.15, -0.1) is 11.3 Å². The van der Waals surface area contributed by atoms with Crippen molar-refractivity contribution in [1.29, 1.82) is 0 Å². The van der Waals surface area contributed by atoms with E-state index in [0.29, 0.717) is 17.1 Å². The van der Waals surface area contributed by atoms with Gasteiger partial charge in [-0.25, -0.2) is 4.98 Å². The maximum atomic E-state index is 12.4. The van der Waals surface area contributed by atoms with Gasteiger partial charge >= 0.3 is 6.18 Å². The zero-order chi connectivity index (χ0) is 15.5. The Morgan fingerprint density at radius 3 is 2.52 bits per heavy atom. The average Bonchev–Trinajstić information content (AvgIpc) is 2.85. The highest BCUT2D eigenvalue weighted by Gasteiger charge is 2.29. The molecule has 4 nitrogen and oxygen atoms in total. The molecule has 2 rings (SSSR count). The summed E-state index contributed by atoms with van der Waals surface area (Å²) in [6.07, 6.45) is -2.38. The molecule has 0 radical (unpaired) electrons. The number of hydrogen-bond donors (Lipinski definition) is 2. The normalized spacial score (nSPS) is 11.4. The van der Waals surface area contributed by atoms with Crippen molar-refractivity contribution in [3.63, 3.8) is 0 Å². The molecule has 2 aromatic rings. The van der Waals surface area contributed by atoms with Crippen LogP contribution in [-0.2, 0) is 17.4 Å². The summed E-state index contributed by atoms with van der Waals surface area (Å²) >= 11 is 1.20. The van der Waals surface area contributed by atoms with Crippen LogP contribution in [0.15, 0.2) is 30.5 Å². The molecule has 0 fully saturated rings. The third kappa shape index (κ3) is 4.27. The number of halogens is 3. The third-order valence-electron chi connectivity index (χ3n) is 2.60. The van der Waals surface area contributed by atoms with Crippen molar-refractivity contribution in [2.45, 2.75) is 12.6 Å². The van der Waals surface area contributed by atoms with Crippen molar-refractivity contribution >= 4 is 22.4 Å². The number of carbonyl (C=O) groups is 1. The number of rotatable bonds is 4. The van der Waals surface area contributed by atoms with Crippen LogP contribution in [0.25, 0.3) is 0 Å². The van der Waals surface area contributed by atoms with Gasteiger partial charge in [0.25, 0.3) is 5.91 Å². The highest BCUT2D eigenvalue weighted by atomic mass is 32.1. The lowest BCUT2D eigenvalue weighted by atomic mass is 10.1. The minimum Gasteiger partial charge on any atom is -0.387 e. The van der Waals surface area contributed by atoms with Gasteiger partial charge in [-0.3, -0.25) is 10.1 Å². The van der Waals surface area contributed by atoms with Gasteiger partial charge in [0.2, 0.25) is 0 Å². The highest BCUT2D eigenvalue weighted by Crippen LogP contribution is 2.29. The molecule has 2 N–H and O–H groups in total. The summed E-state index contributed by atoms with van der Waals surface area (Å²) in [6.45, 7) is -0.631. The van der Waals surface area contributed by atoms with E-state index in [1.165, 1.54) is 29.7 Å². The molecule has 0 aliphatic heterocycles. The molecule has 0 saturated heterocycles. The van der Waals surface area contributed by atoms with E-state index in [9.17, 15) is 18.0 Å². The zero-order valence-corrected chi connectivity index (χ0v) is 11.5. The minimum atomic E-state index is -4.34. The van der Waals surface area contributed by atoms with Crippen molar-refractivity contribution in [3.05, 3.63) is 46.5 Å². The van der Waals surface area contributed by atoms with Crippen LogP contribution in [0.4, 0.5) is 18.3 Å². The SMILES string of the molecule is O=C(CO)Nc1ncc(Cc2ccc(C(F)(F)F)cc2)s1. The number of aliphatic hydroxyl groups excluding tert-OH is 1. The van der Waals surface area contributed by atoms with Gasteiger partial charge in [0, 0.05) is 17.5 Å². The number of thiazole rings is 1. The molecule has 0 saturated carbocycles. The predicted octanol–water partition coefficient (Wildman–Crippen LogP) is 2.68. The van der Waals surface area contributed by atoms with E-state index in [4.69, 9.17) is 5.11 Å². The van der Waals surface area contributed by atoms with Gasteiger partial charge in [-0.1, -0.05) is 12.1 Å². The lowest BCUT2D eigenvalue weighted by Gasteiger charge is -2.06. The van der Waals surface area contributed by atoms with Crippen LogP contribution in [0.5, 0.6) is 0 Å². The summed E-state index contributed by atoms with van der Waals surface area (Å²) in [5.41, 5.74) is 0.0261. The predicted molar refractivity (Wildman–Crippen MR) is 72.1 cm³/mol. The van der Waals surface area contributed by atoms with Gasteiger partial charge in [0.1, 0.15) is 6.61 Å². The number of carbonyl (C=O) groups excluding carboxylic acids is 1. The lowest BCUT2D eigenvalue weighted by molar-refractivity contribution is -0.137. The summed E-state index contributed by atoms with van der Waals surface area (Å²) in [5.74, 6) is -0.564. The Kier molecular flexibility index (Phi) is 4.59. The number of anilines is 1. The van der Waals surface area contributed by atoms with Crippen LogP contribution in [0.1, 0.15) is 16.0 Å². The quantitative estimate of drug-likeness (QED) is 0.911. The Bertz CT molecular complexity index is 623. The smallest absolute Gasteiger partial charge is 0.387 e. The van der Waals surface area contributed by atoms with E-state index in [-0.39, 0.29) is 0 Å². The van der Waals surface area contributed by atoms with Gasteiger partial charge < -0.3 is 5.11 Å². The third-order valence-corrected chi connectivity index (χ3v) is 3.52. The fourth-order valence-corrected chi connectivity index (χ4v) is 2.48. The number of aromatic nitrogens is 1. The van der Waals surface area contributed by atoms with Crippen LogP contribution in [0.2, 0.25) is 0 Å². The number of nitrogens with zero attached hydrogens (tertiary/aromatic N) is 1. The van der Waals surface area contributed by atoms with Crippen molar-refractivity contribution < 1.29 is 23.1 Å². The van der Waals surface area contributed by atoms with Crippen molar-refractivity contribution in [2.24, 2.45) is 0 Å². The van der Waals surface area contributed by atoms with Gasteiger partial charge in [0.05, 0.1) is 5.56 Å². The number of alkyl halides is 3. The number of aliphatic hydroxyl groups is 1. The van der Waals surface area contributed by atoms with E-state index in [1.807, 2.05) is 0 Å². The summed E-state index contributed by atoms with van der Waals surface area (Å²) in [5, 5.41) is 11.3. The maximum Gasteiger partial charge on any atom is 0.416 e. The molecular weight excluding hydrogens is 305 g/mol. The summed E-state index contributed by atoms with van der Waals surface area (Å²) in [7, 11) is 0. The Morgan fingerprint density at radius 1 is 1.29 bits per heavy atom. The first-order valence-electron chi connectivity index (χ1n) is 5.90. The van der Waals surface area contributed by atoms with E-state index >= 15 is 0 Å². The number of benzene rings is 1. The second-order valence-electron chi connectivity index (χ2n) is 4.21. The Labute approximate surface area is 122 Å². The molecule has 0 atom stereocenters. The number of nitrogens with one attached hydrogen (secondary N) is 1. The van der Waals surface area contributed by atoms with E-state index in [1.54, 1.807) is 0 Å². The van der Waals surface area contributed by atoms with Gasteiger partial charge in [-0.05, 0) is 17.7 Å². The van der Waals surface area contributed by atoms with Gasteiger partial charge in [-0.2, -0.15) is 13.2 Å². The first kappa shape index (κ1) is 15.5. The van der Waals surface area contributed by atoms with Crippen LogP contribution >= 0.6 is 11.3 Å². The molecule has 0 spiro atoms. The summed E-state index contributed by atoms with van der Waals surface area (Å²) in [6, 6.07) is 4.89. The standard InChI is InChI=1S/C13H11F3N2O2S/c14-13(15,16)9-3-1-8(2-4-9)5-10-6-17-12(21-10)18-11(20)7-19/h1-4,6,19H,5,7H2,(H,17,18,20). The molecule has 8 heteroatoms. The second-order valence-corrected chi connectivity index (χ2v) is 5.32. The number of amides is 1. The second kappa shape index (κ2) is 6.23. The van der Waals surface area contributed by atoms with E-state index in [0.717, 1.165) is 17.0 Å². The topological polar surface area (TPSA) is 62.2 Å². The Hall–Kier alpha value is -1.93. The molecule has 1 aromatic heterocycles. The van der Waals surface area contributed by atoms with Crippen LogP contribution in [0.3, 0.4) is 0 Å². The monoisotopic (exact) mass is 316 g/mol. The molecule has 21 heavy (non-hydrogen) atoms. The minimum absolute atomic E-state index is 0.343. The van der Waals surface area contributed by atoms with Crippen molar-refractivity contribution in [1.82, 2.24) is 4.98 Å². The fraction of sp³-hybridized carbons (Fsp3) is 0.231. The molecule has 0 bridgehead atoms. The van der Waals surface area contributed by atoms with E-state index < -0.39 is 24.3 Å². The lowest BCUT2D eigenvalue weighted by Crippen LogP contribution is -2.14. The molecular formula is C13H11F3N2O2S. The maximum absolute atomic E-state index is 12.4. The Balaban J connectivity index is 2.03. The van der Waals surface area contributed by atoms with E-state index in [2.05, 4.69) is 10.3 Å². The first-order valence-corrected chi connectivity index (χ1v) is 6.71. The molecule has 1 heterocycles. The molecule has 0 unspecified atom stereocenters.